The van der Waals surface area contributed by atoms with Crippen LogP contribution in [0.1, 0.15) is 54.6 Å². The summed E-state index contributed by atoms with van der Waals surface area (Å²) >= 11 is 0. The molecule has 21 heavy (non-hydrogen) atoms. The summed E-state index contributed by atoms with van der Waals surface area (Å²) in [5.74, 6) is 6.04. The molecule has 1 amide bonds. The second kappa shape index (κ2) is 6.78. The molecule has 0 radical (unpaired) electrons. The highest BCUT2D eigenvalue weighted by molar-refractivity contribution is 5.96. The number of amides is 1. The third-order valence-corrected chi connectivity index (χ3v) is 4.32. The van der Waals surface area contributed by atoms with E-state index in [0.717, 1.165) is 29.5 Å². The third-order valence-electron chi connectivity index (χ3n) is 4.32. The Morgan fingerprint density at radius 2 is 2.00 bits per heavy atom. The van der Waals surface area contributed by atoms with Gasteiger partial charge in [0, 0.05) is 23.2 Å². The Hall–Kier alpha value is -1.79. The summed E-state index contributed by atoms with van der Waals surface area (Å²) in [5.41, 5.74) is 8.04. The van der Waals surface area contributed by atoms with Crippen LogP contribution in [0.15, 0.2) is 18.2 Å². The molecule has 0 aromatic heterocycles. The lowest BCUT2D eigenvalue weighted by molar-refractivity contribution is 0.0510. The fourth-order valence-corrected chi connectivity index (χ4v) is 3.11. The van der Waals surface area contributed by atoms with Gasteiger partial charge in [-0.1, -0.05) is 17.9 Å². The van der Waals surface area contributed by atoms with Gasteiger partial charge in [0.1, 0.15) is 0 Å². The van der Waals surface area contributed by atoms with Gasteiger partial charge in [-0.15, -0.1) is 0 Å². The first-order valence-electron chi connectivity index (χ1n) is 7.67. The van der Waals surface area contributed by atoms with Gasteiger partial charge < -0.3 is 10.6 Å². The standard InChI is InChI=1S/C18H24N2O/c1-13-7-4-8-14(2)20(13)18(21)17-11-5-9-16(15(17)3)10-6-12-19/h5,9,11,13-14H,4,7-8,12,19H2,1-3H3. The van der Waals surface area contributed by atoms with E-state index in [0.29, 0.717) is 18.6 Å². The lowest BCUT2D eigenvalue weighted by atomic mass is 9.94. The van der Waals surface area contributed by atoms with Crippen molar-refractivity contribution in [3.05, 3.63) is 34.9 Å². The molecule has 1 aromatic rings. The predicted molar refractivity (Wildman–Crippen MR) is 86.1 cm³/mol. The Morgan fingerprint density at radius 3 is 2.62 bits per heavy atom. The van der Waals surface area contributed by atoms with Crippen LogP contribution >= 0.6 is 0 Å². The molecule has 1 saturated heterocycles. The molecule has 1 aromatic carbocycles. The first kappa shape index (κ1) is 15.6. The van der Waals surface area contributed by atoms with E-state index in [-0.39, 0.29) is 5.91 Å². The summed E-state index contributed by atoms with van der Waals surface area (Å²) in [5, 5.41) is 0. The summed E-state index contributed by atoms with van der Waals surface area (Å²) in [6, 6.07) is 6.36. The smallest absolute Gasteiger partial charge is 0.254 e. The molecule has 0 saturated carbocycles. The van der Waals surface area contributed by atoms with Crippen molar-refractivity contribution >= 4 is 5.91 Å². The maximum atomic E-state index is 12.9. The van der Waals surface area contributed by atoms with Crippen molar-refractivity contribution < 1.29 is 4.79 Å². The molecule has 0 bridgehead atoms. The zero-order valence-corrected chi connectivity index (χ0v) is 13.1. The molecule has 2 rings (SSSR count). The number of benzene rings is 1. The molecular formula is C18H24N2O. The first-order valence-corrected chi connectivity index (χ1v) is 7.67. The fourth-order valence-electron chi connectivity index (χ4n) is 3.11. The zero-order valence-electron chi connectivity index (χ0n) is 13.1. The van der Waals surface area contributed by atoms with E-state index in [2.05, 4.69) is 25.7 Å². The molecule has 2 N–H and O–H groups in total. The Kier molecular flexibility index (Phi) is 5.03. The topological polar surface area (TPSA) is 46.3 Å². The van der Waals surface area contributed by atoms with Crippen LogP contribution < -0.4 is 5.73 Å². The summed E-state index contributed by atoms with van der Waals surface area (Å²) in [6.07, 6.45) is 3.37. The van der Waals surface area contributed by atoms with Gasteiger partial charge in [0.2, 0.25) is 0 Å². The van der Waals surface area contributed by atoms with E-state index in [1.807, 2.05) is 30.0 Å². The number of hydrogen-bond acceptors (Lipinski definition) is 2. The quantitative estimate of drug-likeness (QED) is 0.806. The maximum absolute atomic E-state index is 12.9. The highest BCUT2D eigenvalue weighted by atomic mass is 16.2. The highest BCUT2D eigenvalue weighted by Crippen LogP contribution is 2.26. The third kappa shape index (κ3) is 3.28. The minimum absolute atomic E-state index is 0.128. The number of nitrogens with zero attached hydrogens (tertiary/aromatic N) is 1. The number of hydrogen-bond donors (Lipinski definition) is 1. The minimum atomic E-state index is 0.128. The molecule has 1 heterocycles. The maximum Gasteiger partial charge on any atom is 0.254 e. The molecular weight excluding hydrogens is 260 g/mol. The van der Waals surface area contributed by atoms with Crippen LogP contribution in [0.2, 0.25) is 0 Å². The number of carbonyl (C=O) groups excluding carboxylic acids is 1. The number of nitrogens with two attached hydrogens (primary N) is 1. The van der Waals surface area contributed by atoms with Crippen molar-refractivity contribution in [3.8, 4) is 11.8 Å². The molecule has 2 atom stereocenters. The SMILES string of the molecule is Cc1c(C#CCN)cccc1C(=O)N1C(C)CCCC1C. The van der Waals surface area contributed by atoms with Crippen molar-refractivity contribution in [2.75, 3.05) is 6.54 Å². The Bertz CT molecular complexity index is 573. The Morgan fingerprint density at radius 1 is 1.33 bits per heavy atom. The van der Waals surface area contributed by atoms with Gasteiger partial charge in [-0.05, 0) is 57.7 Å². The lowest BCUT2D eigenvalue weighted by Crippen LogP contribution is -2.47. The van der Waals surface area contributed by atoms with Crippen LogP contribution in [0.4, 0.5) is 0 Å². The van der Waals surface area contributed by atoms with E-state index < -0.39 is 0 Å². The monoisotopic (exact) mass is 284 g/mol. The number of rotatable bonds is 1. The minimum Gasteiger partial charge on any atom is -0.333 e. The van der Waals surface area contributed by atoms with Crippen LogP contribution in [0.5, 0.6) is 0 Å². The van der Waals surface area contributed by atoms with Crippen LogP contribution in [0.3, 0.4) is 0 Å². The molecule has 1 aliphatic heterocycles. The fraction of sp³-hybridized carbons (Fsp3) is 0.500. The zero-order chi connectivity index (χ0) is 15.4. The molecule has 0 aliphatic carbocycles. The number of piperidine rings is 1. The summed E-state index contributed by atoms with van der Waals surface area (Å²) in [6.45, 7) is 6.58. The predicted octanol–water partition coefficient (Wildman–Crippen LogP) is 2.71. The lowest BCUT2D eigenvalue weighted by Gasteiger charge is -2.39. The second-order valence-corrected chi connectivity index (χ2v) is 5.83. The van der Waals surface area contributed by atoms with Gasteiger partial charge in [-0.2, -0.15) is 0 Å². The van der Waals surface area contributed by atoms with Crippen LogP contribution in [0.25, 0.3) is 0 Å². The van der Waals surface area contributed by atoms with Crippen molar-refractivity contribution in [2.24, 2.45) is 5.73 Å². The second-order valence-electron chi connectivity index (χ2n) is 5.83. The largest absolute Gasteiger partial charge is 0.333 e. The molecule has 1 aliphatic rings. The number of likely N-dealkylation sites (tertiary alicyclic amines) is 1. The Balaban J connectivity index is 2.35. The van der Waals surface area contributed by atoms with Gasteiger partial charge in [-0.25, -0.2) is 0 Å². The van der Waals surface area contributed by atoms with Gasteiger partial charge in [-0.3, -0.25) is 4.79 Å². The van der Waals surface area contributed by atoms with Gasteiger partial charge in [0.05, 0.1) is 6.54 Å². The normalized spacial score (nSPS) is 21.6. The molecule has 1 fully saturated rings. The van der Waals surface area contributed by atoms with E-state index in [4.69, 9.17) is 5.73 Å². The van der Waals surface area contributed by atoms with Gasteiger partial charge in [0.15, 0.2) is 0 Å². The Labute approximate surface area is 127 Å². The van der Waals surface area contributed by atoms with Gasteiger partial charge in [0.25, 0.3) is 5.91 Å². The molecule has 3 heteroatoms. The van der Waals surface area contributed by atoms with E-state index in [1.165, 1.54) is 6.42 Å². The molecule has 112 valence electrons. The molecule has 2 unspecified atom stereocenters. The van der Waals surface area contributed by atoms with Crippen LogP contribution in [-0.4, -0.2) is 29.4 Å². The average molecular weight is 284 g/mol. The first-order chi connectivity index (χ1) is 10.1. The van der Waals surface area contributed by atoms with Crippen LogP contribution in [-0.2, 0) is 0 Å². The van der Waals surface area contributed by atoms with Gasteiger partial charge >= 0.3 is 0 Å². The van der Waals surface area contributed by atoms with Crippen molar-refractivity contribution in [1.29, 1.82) is 0 Å². The summed E-state index contributed by atoms with van der Waals surface area (Å²) < 4.78 is 0. The van der Waals surface area contributed by atoms with Crippen molar-refractivity contribution in [2.45, 2.75) is 52.1 Å². The molecule has 3 nitrogen and oxygen atoms in total. The van der Waals surface area contributed by atoms with E-state index in [1.54, 1.807) is 0 Å². The van der Waals surface area contributed by atoms with E-state index >= 15 is 0 Å². The van der Waals surface area contributed by atoms with Crippen molar-refractivity contribution in [1.82, 2.24) is 4.90 Å². The van der Waals surface area contributed by atoms with Crippen LogP contribution in [0, 0.1) is 18.8 Å². The summed E-state index contributed by atoms with van der Waals surface area (Å²) in [7, 11) is 0. The highest BCUT2D eigenvalue weighted by Gasteiger charge is 2.30. The van der Waals surface area contributed by atoms with Crippen molar-refractivity contribution in [3.63, 3.8) is 0 Å². The van der Waals surface area contributed by atoms with E-state index in [9.17, 15) is 4.79 Å². The summed E-state index contributed by atoms with van der Waals surface area (Å²) in [4.78, 5) is 15.0. The molecule has 0 spiro atoms. The number of carbonyl (C=O) groups is 1. The average Bonchev–Trinajstić information content (AvgIpc) is 2.46.